The SMILES string of the molecule is CC(=O)c1ccc(NC(=O)CCCC(=O)c2cccs2)cc1. The van der Waals surface area contributed by atoms with Crippen LogP contribution in [-0.4, -0.2) is 17.5 Å². The van der Waals surface area contributed by atoms with Gasteiger partial charge >= 0.3 is 0 Å². The number of thiophene rings is 1. The Morgan fingerprint density at radius 3 is 2.36 bits per heavy atom. The number of Topliss-reactive ketones (excluding diaryl/α,β-unsaturated/α-hetero) is 2. The van der Waals surface area contributed by atoms with Crippen molar-refractivity contribution in [2.45, 2.75) is 26.2 Å². The van der Waals surface area contributed by atoms with Crippen molar-refractivity contribution in [3.63, 3.8) is 0 Å². The van der Waals surface area contributed by atoms with E-state index in [0.29, 0.717) is 30.5 Å². The molecule has 0 aliphatic rings. The van der Waals surface area contributed by atoms with Crippen LogP contribution in [0.3, 0.4) is 0 Å². The molecule has 0 fully saturated rings. The quantitative estimate of drug-likeness (QED) is 0.787. The van der Waals surface area contributed by atoms with Crippen LogP contribution in [-0.2, 0) is 4.79 Å². The van der Waals surface area contributed by atoms with Gasteiger partial charge in [0, 0.05) is 24.1 Å². The number of carbonyl (C=O) groups excluding carboxylic acids is 3. The number of benzene rings is 1. The highest BCUT2D eigenvalue weighted by Gasteiger charge is 2.09. The van der Waals surface area contributed by atoms with Crippen molar-refractivity contribution in [2.24, 2.45) is 0 Å². The van der Waals surface area contributed by atoms with E-state index in [0.717, 1.165) is 4.88 Å². The Labute approximate surface area is 133 Å². The van der Waals surface area contributed by atoms with Crippen LogP contribution >= 0.6 is 11.3 Å². The van der Waals surface area contributed by atoms with E-state index < -0.39 is 0 Å². The van der Waals surface area contributed by atoms with E-state index in [4.69, 9.17) is 0 Å². The number of rotatable bonds is 7. The molecule has 0 unspecified atom stereocenters. The van der Waals surface area contributed by atoms with Crippen LogP contribution in [0.25, 0.3) is 0 Å². The van der Waals surface area contributed by atoms with E-state index in [1.165, 1.54) is 18.3 Å². The first-order chi connectivity index (χ1) is 10.6. The second kappa shape index (κ2) is 7.66. The minimum atomic E-state index is -0.130. The van der Waals surface area contributed by atoms with Crippen molar-refractivity contribution >= 4 is 34.5 Å². The van der Waals surface area contributed by atoms with Gasteiger partial charge in [-0.1, -0.05) is 6.07 Å². The molecule has 1 amide bonds. The predicted molar refractivity (Wildman–Crippen MR) is 87.6 cm³/mol. The molecule has 22 heavy (non-hydrogen) atoms. The average molecular weight is 315 g/mol. The highest BCUT2D eigenvalue weighted by molar-refractivity contribution is 7.12. The van der Waals surface area contributed by atoms with E-state index in [-0.39, 0.29) is 17.5 Å². The Hall–Kier alpha value is -2.27. The van der Waals surface area contributed by atoms with E-state index in [1.807, 2.05) is 11.4 Å². The molecule has 2 aromatic rings. The van der Waals surface area contributed by atoms with Crippen molar-refractivity contribution in [3.05, 3.63) is 52.2 Å². The molecule has 0 saturated heterocycles. The predicted octanol–water partition coefficient (Wildman–Crippen LogP) is 3.94. The van der Waals surface area contributed by atoms with E-state index in [2.05, 4.69) is 5.32 Å². The van der Waals surface area contributed by atoms with Gasteiger partial charge < -0.3 is 5.32 Å². The number of anilines is 1. The smallest absolute Gasteiger partial charge is 0.224 e. The number of hydrogen-bond donors (Lipinski definition) is 1. The monoisotopic (exact) mass is 315 g/mol. The van der Waals surface area contributed by atoms with E-state index in [1.54, 1.807) is 30.3 Å². The van der Waals surface area contributed by atoms with Crippen LogP contribution in [0, 0.1) is 0 Å². The Morgan fingerprint density at radius 1 is 1.05 bits per heavy atom. The molecule has 1 aromatic carbocycles. The maximum absolute atomic E-state index is 11.8. The third-order valence-electron chi connectivity index (χ3n) is 3.18. The highest BCUT2D eigenvalue weighted by atomic mass is 32.1. The molecule has 1 N–H and O–H groups in total. The number of hydrogen-bond acceptors (Lipinski definition) is 4. The van der Waals surface area contributed by atoms with Gasteiger partial charge in [-0.05, 0) is 49.1 Å². The first kappa shape index (κ1) is 16.1. The molecule has 5 heteroatoms. The zero-order valence-corrected chi connectivity index (χ0v) is 13.1. The molecule has 4 nitrogen and oxygen atoms in total. The van der Waals surface area contributed by atoms with Crippen molar-refractivity contribution in [2.75, 3.05) is 5.32 Å². The first-order valence-electron chi connectivity index (χ1n) is 7.04. The molecule has 0 saturated carbocycles. The van der Waals surface area contributed by atoms with Gasteiger partial charge in [-0.3, -0.25) is 14.4 Å². The third-order valence-corrected chi connectivity index (χ3v) is 4.09. The van der Waals surface area contributed by atoms with Gasteiger partial charge in [-0.25, -0.2) is 0 Å². The topological polar surface area (TPSA) is 63.2 Å². The summed E-state index contributed by atoms with van der Waals surface area (Å²) in [6, 6.07) is 10.4. The lowest BCUT2D eigenvalue weighted by molar-refractivity contribution is -0.116. The summed E-state index contributed by atoms with van der Waals surface area (Å²) in [6.45, 7) is 1.50. The minimum Gasteiger partial charge on any atom is -0.326 e. The fourth-order valence-corrected chi connectivity index (χ4v) is 2.68. The number of carbonyl (C=O) groups is 3. The van der Waals surface area contributed by atoms with Crippen molar-refractivity contribution in [1.82, 2.24) is 0 Å². The van der Waals surface area contributed by atoms with Gasteiger partial charge in [0.15, 0.2) is 11.6 Å². The second-order valence-electron chi connectivity index (χ2n) is 4.94. The maximum Gasteiger partial charge on any atom is 0.224 e. The van der Waals surface area contributed by atoms with Gasteiger partial charge in [0.1, 0.15) is 0 Å². The molecule has 1 heterocycles. The summed E-state index contributed by atoms with van der Waals surface area (Å²) in [5, 5.41) is 4.62. The lowest BCUT2D eigenvalue weighted by atomic mass is 10.1. The van der Waals surface area contributed by atoms with Gasteiger partial charge in [-0.2, -0.15) is 0 Å². The number of amides is 1. The van der Waals surface area contributed by atoms with Crippen LogP contribution in [0.5, 0.6) is 0 Å². The molecule has 0 aliphatic carbocycles. The van der Waals surface area contributed by atoms with Gasteiger partial charge in [0.2, 0.25) is 5.91 Å². The van der Waals surface area contributed by atoms with Crippen LogP contribution in [0.4, 0.5) is 5.69 Å². The lowest BCUT2D eigenvalue weighted by Gasteiger charge is -2.05. The third kappa shape index (κ3) is 4.63. The van der Waals surface area contributed by atoms with E-state index >= 15 is 0 Å². The Balaban J connectivity index is 1.76. The van der Waals surface area contributed by atoms with Gasteiger partial charge in [-0.15, -0.1) is 11.3 Å². The molecule has 0 atom stereocenters. The summed E-state index contributed by atoms with van der Waals surface area (Å²) < 4.78 is 0. The number of nitrogens with one attached hydrogen (secondary N) is 1. The van der Waals surface area contributed by atoms with Crippen LogP contribution < -0.4 is 5.32 Å². The average Bonchev–Trinajstić information content (AvgIpc) is 3.02. The molecular weight excluding hydrogens is 298 g/mol. The summed E-state index contributed by atoms with van der Waals surface area (Å²) in [5.41, 5.74) is 1.26. The molecule has 114 valence electrons. The normalized spacial score (nSPS) is 10.2. The minimum absolute atomic E-state index is 0.00929. The van der Waals surface area contributed by atoms with Gasteiger partial charge in [0.05, 0.1) is 4.88 Å². The molecule has 0 aliphatic heterocycles. The molecule has 1 aromatic heterocycles. The van der Waals surface area contributed by atoms with Crippen molar-refractivity contribution in [3.8, 4) is 0 Å². The summed E-state index contributed by atoms with van der Waals surface area (Å²) in [5.74, 6) is -0.0619. The highest BCUT2D eigenvalue weighted by Crippen LogP contribution is 2.14. The van der Waals surface area contributed by atoms with Crippen LogP contribution in [0.2, 0.25) is 0 Å². The summed E-state index contributed by atoms with van der Waals surface area (Å²) in [4.78, 5) is 35.5. The van der Waals surface area contributed by atoms with Crippen LogP contribution in [0.1, 0.15) is 46.2 Å². The summed E-state index contributed by atoms with van der Waals surface area (Å²) in [6.07, 6.45) is 1.19. The Bertz CT molecular complexity index is 660. The molecule has 0 spiro atoms. The Morgan fingerprint density at radius 2 is 1.77 bits per heavy atom. The zero-order chi connectivity index (χ0) is 15.9. The summed E-state index contributed by atoms with van der Waals surface area (Å²) in [7, 11) is 0. The summed E-state index contributed by atoms with van der Waals surface area (Å²) >= 11 is 1.42. The molecular formula is C17H17NO3S. The molecule has 2 rings (SSSR count). The first-order valence-corrected chi connectivity index (χ1v) is 7.92. The Kier molecular flexibility index (Phi) is 5.61. The number of ketones is 2. The van der Waals surface area contributed by atoms with E-state index in [9.17, 15) is 14.4 Å². The molecule has 0 radical (unpaired) electrons. The largest absolute Gasteiger partial charge is 0.326 e. The fourth-order valence-electron chi connectivity index (χ4n) is 1.98. The maximum atomic E-state index is 11.8. The zero-order valence-electron chi connectivity index (χ0n) is 12.3. The molecule has 0 bridgehead atoms. The van der Waals surface area contributed by atoms with Crippen LogP contribution in [0.15, 0.2) is 41.8 Å². The fraction of sp³-hybridized carbons (Fsp3) is 0.235. The van der Waals surface area contributed by atoms with Gasteiger partial charge in [0.25, 0.3) is 0 Å². The van der Waals surface area contributed by atoms with Crippen molar-refractivity contribution < 1.29 is 14.4 Å². The van der Waals surface area contributed by atoms with Crippen molar-refractivity contribution in [1.29, 1.82) is 0 Å². The lowest BCUT2D eigenvalue weighted by Crippen LogP contribution is -2.12. The standard InChI is InChI=1S/C17H17NO3S/c1-12(19)13-7-9-14(10-8-13)18-17(21)6-2-4-15(20)16-5-3-11-22-16/h3,5,7-11H,2,4,6H2,1H3,(H,18,21). The second-order valence-corrected chi connectivity index (χ2v) is 5.88.